The number of hydrogen-bond donors (Lipinski definition) is 1. The number of nitrogens with one attached hydrogen (secondary N) is 1. The average Bonchev–Trinajstić information content (AvgIpc) is 2.80. The second kappa shape index (κ2) is 8.71. The summed E-state index contributed by atoms with van der Waals surface area (Å²) in [6.07, 6.45) is 1.87. The van der Waals surface area contributed by atoms with Crippen molar-refractivity contribution >= 4 is 21.6 Å². The molecular weight excluding hydrogens is 396 g/mol. The van der Waals surface area contributed by atoms with E-state index in [-0.39, 0.29) is 10.8 Å². The third-order valence-corrected chi connectivity index (χ3v) is 6.89. The Morgan fingerprint density at radius 3 is 1.97 bits per heavy atom. The summed E-state index contributed by atoms with van der Waals surface area (Å²) in [7, 11) is -3.69. The number of carbonyl (C=O) groups excluding carboxylic acids is 1. The van der Waals surface area contributed by atoms with Gasteiger partial charge in [0.15, 0.2) is 0 Å². The number of piperidine rings is 1. The van der Waals surface area contributed by atoms with Crippen molar-refractivity contribution in [2.75, 3.05) is 17.8 Å². The summed E-state index contributed by atoms with van der Waals surface area (Å²) in [5, 5.41) is 0. The number of anilines is 1. The lowest BCUT2D eigenvalue weighted by Gasteiger charge is -2.32. The van der Waals surface area contributed by atoms with E-state index in [9.17, 15) is 13.2 Å². The van der Waals surface area contributed by atoms with E-state index in [1.165, 1.54) is 17.7 Å². The Balaban J connectivity index is 1.40. The summed E-state index contributed by atoms with van der Waals surface area (Å²) >= 11 is 0. The molecule has 0 bridgehead atoms. The number of likely N-dealkylation sites (tertiary alicyclic amines) is 1. The predicted octanol–water partition coefficient (Wildman–Crippen LogP) is 4.51. The van der Waals surface area contributed by atoms with Gasteiger partial charge in [-0.3, -0.25) is 9.52 Å². The lowest BCUT2D eigenvalue weighted by Crippen LogP contribution is -2.37. The molecule has 3 aromatic carbocycles. The van der Waals surface area contributed by atoms with Crippen molar-refractivity contribution in [3.05, 3.63) is 96.1 Å². The molecule has 0 aromatic heterocycles. The fraction of sp³-hybridized carbons (Fsp3) is 0.208. The van der Waals surface area contributed by atoms with Crippen LogP contribution in [0.5, 0.6) is 0 Å². The van der Waals surface area contributed by atoms with Crippen LogP contribution in [-0.4, -0.2) is 32.3 Å². The molecular formula is C24H24N2O3S. The van der Waals surface area contributed by atoms with Gasteiger partial charge in [-0.25, -0.2) is 8.42 Å². The normalized spacial score (nSPS) is 15.0. The zero-order valence-electron chi connectivity index (χ0n) is 16.6. The second-order valence-electron chi connectivity index (χ2n) is 7.47. The SMILES string of the molecule is O=C(c1ccc(S(=O)(=O)Nc2ccccc2)cc1)N1CCC(c2ccccc2)CC1. The molecule has 0 unspecified atom stereocenters. The molecule has 0 radical (unpaired) electrons. The van der Waals surface area contributed by atoms with E-state index in [4.69, 9.17) is 0 Å². The number of amides is 1. The number of hydrogen-bond acceptors (Lipinski definition) is 3. The maximum absolute atomic E-state index is 12.9. The summed E-state index contributed by atoms with van der Waals surface area (Å²) in [5.74, 6) is 0.424. The predicted molar refractivity (Wildman–Crippen MR) is 118 cm³/mol. The number of carbonyl (C=O) groups is 1. The highest BCUT2D eigenvalue weighted by molar-refractivity contribution is 7.92. The topological polar surface area (TPSA) is 66.5 Å². The molecule has 0 spiro atoms. The van der Waals surface area contributed by atoms with E-state index < -0.39 is 10.0 Å². The maximum atomic E-state index is 12.9. The molecule has 4 rings (SSSR count). The number of sulfonamides is 1. The Bertz CT molecular complexity index is 1090. The molecule has 1 fully saturated rings. The number of nitrogens with zero attached hydrogens (tertiary/aromatic N) is 1. The van der Waals surface area contributed by atoms with Crippen LogP contribution in [0.2, 0.25) is 0 Å². The molecule has 1 heterocycles. The Kier molecular flexibility index (Phi) is 5.86. The summed E-state index contributed by atoms with van der Waals surface area (Å²) in [6.45, 7) is 1.40. The van der Waals surface area contributed by atoms with Crippen LogP contribution in [0.25, 0.3) is 0 Å². The molecule has 1 saturated heterocycles. The van der Waals surface area contributed by atoms with E-state index in [0.29, 0.717) is 30.3 Å². The van der Waals surface area contributed by atoms with Gasteiger partial charge in [0.05, 0.1) is 4.90 Å². The van der Waals surface area contributed by atoms with Crippen LogP contribution in [0.3, 0.4) is 0 Å². The van der Waals surface area contributed by atoms with Crippen LogP contribution >= 0.6 is 0 Å². The minimum atomic E-state index is -3.69. The van der Waals surface area contributed by atoms with Gasteiger partial charge >= 0.3 is 0 Å². The highest BCUT2D eigenvalue weighted by Gasteiger charge is 2.25. The third kappa shape index (κ3) is 4.54. The smallest absolute Gasteiger partial charge is 0.261 e. The van der Waals surface area contributed by atoms with Gasteiger partial charge in [-0.1, -0.05) is 48.5 Å². The van der Waals surface area contributed by atoms with Gasteiger partial charge in [-0.15, -0.1) is 0 Å². The van der Waals surface area contributed by atoms with Gasteiger partial charge in [0, 0.05) is 24.3 Å². The zero-order valence-corrected chi connectivity index (χ0v) is 17.4. The quantitative estimate of drug-likeness (QED) is 0.661. The van der Waals surface area contributed by atoms with Gasteiger partial charge in [-0.05, 0) is 60.7 Å². The summed E-state index contributed by atoms with van der Waals surface area (Å²) in [4.78, 5) is 14.8. The van der Waals surface area contributed by atoms with E-state index in [1.807, 2.05) is 17.0 Å². The maximum Gasteiger partial charge on any atom is 0.261 e. The Labute approximate surface area is 177 Å². The highest BCUT2D eigenvalue weighted by atomic mass is 32.2. The fourth-order valence-electron chi connectivity index (χ4n) is 3.82. The first-order chi connectivity index (χ1) is 14.5. The van der Waals surface area contributed by atoms with Crippen molar-refractivity contribution in [3.8, 4) is 0 Å². The van der Waals surface area contributed by atoms with E-state index in [2.05, 4.69) is 29.0 Å². The molecule has 0 saturated carbocycles. The van der Waals surface area contributed by atoms with Gasteiger partial charge in [-0.2, -0.15) is 0 Å². The minimum absolute atomic E-state index is 0.0542. The second-order valence-corrected chi connectivity index (χ2v) is 9.16. The lowest BCUT2D eigenvalue weighted by molar-refractivity contribution is 0.0713. The van der Waals surface area contributed by atoms with E-state index >= 15 is 0 Å². The Morgan fingerprint density at radius 1 is 0.800 bits per heavy atom. The molecule has 1 amide bonds. The standard InChI is InChI=1S/C24H24N2O3S/c27-24(26-17-15-20(16-18-26)19-7-3-1-4-8-19)21-11-13-23(14-12-21)30(28,29)25-22-9-5-2-6-10-22/h1-14,20,25H,15-18H2. The van der Waals surface area contributed by atoms with Crippen molar-refractivity contribution < 1.29 is 13.2 Å². The first-order valence-corrected chi connectivity index (χ1v) is 11.5. The number of rotatable bonds is 5. The van der Waals surface area contributed by atoms with E-state index in [0.717, 1.165) is 12.8 Å². The van der Waals surface area contributed by atoms with Gasteiger partial charge in [0.1, 0.15) is 0 Å². The van der Waals surface area contributed by atoms with Crippen LogP contribution in [0, 0.1) is 0 Å². The van der Waals surface area contributed by atoms with Crippen molar-refractivity contribution in [1.29, 1.82) is 0 Å². The first-order valence-electron chi connectivity index (χ1n) is 10.0. The highest BCUT2D eigenvalue weighted by Crippen LogP contribution is 2.28. The van der Waals surface area contributed by atoms with E-state index in [1.54, 1.807) is 36.4 Å². The van der Waals surface area contributed by atoms with Gasteiger partial charge in [0.2, 0.25) is 0 Å². The molecule has 0 atom stereocenters. The third-order valence-electron chi connectivity index (χ3n) is 5.49. The van der Waals surface area contributed by atoms with Crippen LogP contribution in [0.4, 0.5) is 5.69 Å². The lowest BCUT2D eigenvalue weighted by atomic mass is 9.89. The van der Waals surface area contributed by atoms with Crippen molar-refractivity contribution in [2.24, 2.45) is 0 Å². The van der Waals surface area contributed by atoms with Crippen molar-refractivity contribution in [1.82, 2.24) is 4.90 Å². The minimum Gasteiger partial charge on any atom is -0.339 e. The molecule has 30 heavy (non-hydrogen) atoms. The van der Waals surface area contributed by atoms with Crippen LogP contribution in [0.1, 0.15) is 34.7 Å². The monoisotopic (exact) mass is 420 g/mol. The molecule has 154 valence electrons. The van der Waals surface area contributed by atoms with Crippen LogP contribution < -0.4 is 4.72 Å². The van der Waals surface area contributed by atoms with Gasteiger partial charge in [0.25, 0.3) is 15.9 Å². The average molecular weight is 421 g/mol. The Hall–Kier alpha value is -3.12. The molecule has 1 aliphatic heterocycles. The zero-order chi connectivity index (χ0) is 21.0. The number of para-hydroxylation sites is 1. The largest absolute Gasteiger partial charge is 0.339 e. The summed E-state index contributed by atoms with van der Waals surface area (Å²) in [5.41, 5.74) is 2.33. The summed E-state index contributed by atoms with van der Waals surface area (Å²) < 4.78 is 27.6. The van der Waals surface area contributed by atoms with Crippen molar-refractivity contribution in [2.45, 2.75) is 23.7 Å². The fourth-order valence-corrected chi connectivity index (χ4v) is 4.88. The van der Waals surface area contributed by atoms with Crippen LogP contribution in [0.15, 0.2) is 89.8 Å². The van der Waals surface area contributed by atoms with Crippen molar-refractivity contribution in [3.63, 3.8) is 0 Å². The Morgan fingerprint density at radius 2 is 1.37 bits per heavy atom. The van der Waals surface area contributed by atoms with Crippen LogP contribution in [-0.2, 0) is 10.0 Å². The number of benzene rings is 3. The molecule has 6 heteroatoms. The molecule has 3 aromatic rings. The molecule has 1 N–H and O–H groups in total. The van der Waals surface area contributed by atoms with Gasteiger partial charge < -0.3 is 4.90 Å². The first kappa shape index (κ1) is 20.2. The molecule has 1 aliphatic rings. The summed E-state index contributed by atoms with van der Waals surface area (Å²) in [6, 6.07) is 25.3. The molecule has 5 nitrogen and oxygen atoms in total. The molecule has 0 aliphatic carbocycles.